The number of nitro groups is 1. The molecule has 0 spiro atoms. The summed E-state index contributed by atoms with van der Waals surface area (Å²) in [6, 6.07) is 0.160. The van der Waals surface area contributed by atoms with Crippen molar-refractivity contribution in [3.8, 4) is 0 Å². The minimum Gasteiger partial charge on any atom is -0.353 e. The van der Waals surface area contributed by atoms with E-state index in [1.807, 2.05) is 0 Å². The van der Waals surface area contributed by atoms with Crippen LogP contribution < -0.4 is 11.1 Å². The van der Waals surface area contributed by atoms with E-state index in [2.05, 4.69) is 10.4 Å². The molecule has 0 aliphatic heterocycles. The monoisotopic (exact) mass is 309 g/mol. The Hall–Kier alpha value is -1.96. The molecule has 1 aromatic rings. The second-order valence-electron chi connectivity index (χ2n) is 5.85. The summed E-state index contributed by atoms with van der Waals surface area (Å²) in [7, 11) is 0. The van der Waals surface area contributed by atoms with Gasteiger partial charge in [0, 0.05) is 12.5 Å². The number of nitrogens with zero attached hydrogens (tertiary/aromatic N) is 3. The topological polar surface area (TPSA) is 116 Å². The number of carbonyl (C=O) groups is 1. The summed E-state index contributed by atoms with van der Waals surface area (Å²) in [5.41, 5.74) is 6.59. The molecule has 1 amide bonds. The van der Waals surface area contributed by atoms with Crippen molar-refractivity contribution >= 4 is 11.6 Å². The Balaban J connectivity index is 1.92. The van der Waals surface area contributed by atoms with E-state index in [-0.39, 0.29) is 24.1 Å². The van der Waals surface area contributed by atoms with Crippen molar-refractivity contribution in [2.24, 2.45) is 11.7 Å². The fraction of sp³-hybridized carbons (Fsp3) is 0.714. The highest BCUT2D eigenvalue weighted by atomic mass is 16.6. The van der Waals surface area contributed by atoms with Gasteiger partial charge in [-0.15, -0.1) is 0 Å². The zero-order chi connectivity index (χ0) is 16.3. The molecule has 3 N–H and O–H groups in total. The summed E-state index contributed by atoms with van der Waals surface area (Å²) >= 11 is 0. The van der Waals surface area contributed by atoms with Crippen molar-refractivity contribution in [3.63, 3.8) is 0 Å². The second-order valence-corrected chi connectivity index (χ2v) is 5.85. The van der Waals surface area contributed by atoms with E-state index in [4.69, 9.17) is 5.73 Å². The maximum atomic E-state index is 12.0. The first-order valence-corrected chi connectivity index (χ1v) is 7.61. The molecule has 1 heterocycles. The van der Waals surface area contributed by atoms with Gasteiger partial charge in [-0.2, -0.15) is 5.10 Å². The molecule has 122 valence electrons. The molecule has 1 aromatic heterocycles. The minimum absolute atomic E-state index is 0.0272. The SMILES string of the molecule is Cc1nn(CCC(=O)NC2CCCC2CN)c(C)c1[N+](=O)[O-]. The highest BCUT2D eigenvalue weighted by Crippen LogP contribution is 2.25. The Morgan fingerprint density at radius 2 is 2.23 bits per heavy atom. The third-order valence-electron chi connectivity index (χ3n) is 4.38. The molecule has 8 heteroatoms. The molecule has 1 aliphatic rings. The van der Waals surface area contributed by atoms with Gasteiger partial charge in [-0.3, -0.25) is 19.6 Å². The van der Waals surface area contributed by atoms with Crippen LogP contribution in [0.3, 0.4) is 0 Å². The summed E-state index contributed by atoms with van der Waals surface area (Å²) < 4.78 is 1.53. The van der Waals surface area contributed by atoms with Crippen LogP contribution in [0.4, 0.5) is 5.69 Å². The smallest absolute Gasteiger partial charge is 0.312 e. The van der Waals surface area contributed by atoms with Gasteiger partial charge in [0.05, 0.1) is 11.5 Å². The van der Waals surface area contributed by atoms with Crippen LogP contribution in [0.2, 0.25) is 0 Å². The lowest BCUT2D eigenvalue weighted by atomic mass is 10.0. The molecular formula is C14H23N5O3. The number of aromatic nitrogens is 2. The van der Waals surface area contributed by atoms with Crippen molar-refractivity contribution in [1.29, 1.82) is 0 Å². The third kappa shape index (κ3) is 3.44. The highest BCUT2D eigenvalue weighted by molar-refractivity contribution is 5.76. The number of hydrogen-bond acceptors (Lipinski definition) is 5. The lowest BCUT2D eigenvalue weighted by Gasteiger charge is -2.19. The largest absolute Gasteiger partial charge is 0.353 e. The summed E-state index contributed by atoms with van der Waals surface area (Å²) in [5, 5.41) is 18.1. The summed E-state index contributed by atoms with van der Waals surface area (Å²) in [6.07, 6.45) is 3.38. The van der Waals surface area contributed by atoms with E-state index >= 15 is 0 Å². The number of nitrogens with one attached hydrogen (secondary N) is 1. The molecule has 2 atom stereocenters. The molecule has 1 fully saturated rings. The molecule has 0 radical (unpaired) electrons. The van der Waals surface area contributed by atoms with Gasteiger partial charge in [-0.1, -0.05) is 6.42 Å². The Morgan fingerprint density at radius 3 is 2.82 bits per heavy atom. The summed E-state index contributed by atoms with van der Waals surface area (Å²) in [5.74, 6) is 0.305. The fourth-order valence-electron chi connectivity index (χ4n) is 3.16. The molecule has 1 aliphatic carbocycles. The van der Waals surface area contributed by atoms with Gasteiger partial charge in [0.1, 0.15) is 11.4 Å². The molecule has 22 heavy (non-hydrogen) atoms. The van der Waals surface area contributed by atoms with Crippen LogP contribution in [0.15, 0.2) is 0 Å². The third-order valence-corrected chi connectivity index (χ3v) is 4.38. The Labute approximate surface area is 129 Å². The zero-order valence-corrected chi connectivity index (χ0v) is 13.0. The van der Waals surface area contributed by atoms with Crippen LogP contribution in [-0.4, -0.2) is 33.2 Å². The van der Waals surface area contributed by atoms with Crippen LogP contribution in [0.5, 0.6) is 0 Å². The first kappa shape index (κ1) is 16.4. The van der Waals surface area contributed by atoms with Gasteiger partial charge in [0.25, 0.3) is 0 Å². The van der Waals surface area contributed by atoms with Gasteiger partial charge in [0.2, 0.25) is 5.91 Å². The van der Waals surface area contributed by atoms with Gasteiger partial charge < -0.3 is 11.1 Å². The molecule has 0 aromatic carbocycles. The van der Waals surface area contributed by atoms with Crippen molar-refractivity contribution in [1.82, 2.24) is 15.1 Å². The summed E-state index contributed by atoms with van der Waals surface area (Å²) in [6.45, 7) is 4.19. The van der Waals surface area contributed by atoms with Crippen LogP contribution in [0.1, 0.15) is 37.1 Å². The second kappa shape index (κ2) is 6.87. The van der Waals surface area contributed by atoms with E-state index in [1.54, 1.807) is 13.8 Å². The van der Waals surface area contributed by atoms with Crippen LogP contribution in [0, 0.1) is 29.9 Å². The molecule has 0 saturated heterocycles. The molecule has 0 bridgehead atoms. The van der Waals surface area contributed by atoms with E-state index in [1.165, 1.54) is 4.68 Å². The number of rotatable bonds is 6. The minimum atomic E-state index is -0.432. The van der Waals surface area contributed by atoms with E-state index < -0.39 is 4.92 Å². The Kier molecular flexibility index (Phi) is 5.12. The van der Waals surface area contributed by atoms with Crippen molar-refractivity contribution in [2.75, 3.05) is 6.54 Å². The number of aryl methyl sites for hydroxylation is 2. The van der Waals surface area contributed by atoms with Crippen molar-refractivity contribution in [3.05, 3.63) is 21.5 Å². The van der Waals surface area contributed by atoms with E-state index in [0.29, 0.717) is 30.4 Å². The molecular weight excluding hydrogens is 286 g/mol. The normalized spacial score (nSPS) is 21.0. The van der Waals surface area contributed by atoms with Crippen LogP contribution >= 0.6 is 0 Å². The molecule has 2 rings (SSSR count). The predicted molar refractivity (Wildman–Crippen MR) is 81.3 cm³/mol. The summed E-state index contributed by atoms with van der Waals surface area (Å²) in [4.78, 5) is 22.6. The Morgan fingerprint density at radius 1 is 1.50 bits per heavy atom. The Bertz CT molecular complexity index is 569. The zero-order valence-electron chi connectivity index (χ0n) is 13.0. The van der Waals surface area contributed by atoms with Gasteiger partial charge in [0.15, 0.2) is 0 Å². The van der Waals surface area contributed by atoms with Crippen molar-refractivity contribution in [2.45, 2.75) is 52.1 Å². The number of amides is 1. The average Bonchev–Trinajstić information content (AvgIpc) is 3.00. The van der Waals surface area contributed by atoms with E-state index in [9.17, 15) is 14.9 Å². The average molecular weight is 309 g/mol. The molecule has 8 nitrogen and oxygen atoms in total. The molecule has 2 unspecified atom stereocenters. The lowest BCUT2D eigenvalue weighted by Crippen LogP contribution is -2.40. The fourth-order valence-corrected chi connectivity index (χ4v) is 3.16. The van der Waals surface area contributed by atoms with Gasteiger partial charge in [-0.05, 0) is 39.2 Å². The van der Waals surface area contributed by atoms with Crippen LogP contribution in [-0.2, 0) is 11.3 Å². The standard InChI is InChI=1S/C14H23N5O3/c1-9-14(19(21)22)10(2)18(17-9)7-6-13(20)16-12-5-3-4-11(12)8-15/h11-12H,3-8,15H2,1-2H3,(H,16,20). The number of hydrogen-bond donors (Lipinski definition) is 2. The van der Waals surface area contributed by atoms with Crippen molar-refractivity contribution < 1.29 is 9.72 Å². The van der Waals surface area contributed by atoms with Crippen LogP contribution in [0.25, 0.3) is 0 Å². The first-order chi connectivity index (χ1) is 10.4. The quantitative estimate of drug-likeness (QED) is 0.601. The maximum Gasteiger partial charge on any atom is 0.312 e. The highest BCUT2D eigenvalue weighted by Gasteiger charge is 2.27. The van der Waals surface area contributed by atoms with Gasteiger partial charge >= 0.3 is 5.69 Å². The van der Waals surface area contributed by atoms with E-state index in [0.717, 1.165) is 19.3 Å². The number of nitrogens with two attached hydrogens (primary N) is 1. The lowest BCUT2D eigenvalue weighted by molar-refractivity contribution is -0.386. The van der Waals surface area contributed by atoms with Gasteiger partial charge in [-0.25, -0.2) is 0 Å². The molecule has 1 saturated carbocycles. The predicted octanol–water partition coefficient (Wildman–Crippen LogP) is 1.04. The first-order valence-electron chi connectivity index (χ1n) is 7.61. The maximum absolute atomic E-state index is 12.0. The number of carbonyl (C=O) groups excluding carboxylic acids is 1.